The quantitative estimate of drug-likeness (QED) is 0.308. The molecular formula is C13H23N3O2. The van der Waals surface area contributed by atoms with Crippen molar-refractivity contribution in [3.05, 3.63) is 0 Å². The summed E-state index contributed by atoms with van der Waals surface area (Å²) in [5, 5.41) is 14.7. The van der Waals surface area contributed by atoms with Crippen LogP contribution >= 0.6 is 0 Å². The zero-order valence-corrected chi connectivity index (χ0v) is 11.0. The van der Waals surface area contributed by atoms with Crippen molar-refractivity contribution >= 4 is 11.7 Å². The minimum absolute atomic E-state index is 0.0498. The molecule has 1 amide bonds. The molecule has 0 aromatic heterocycles. The van der Waals surface area contributed by atoms with Gasteiger partial charge in [0, 0.05) is 6.54 Å². The van der Waals surface area contributed by atoms with Crippen LogP contribution in [0.3, 0.4) is 0 Å². The summed E-state index contributed by atoms with van der Waals surface area (Å²) >= 11 is 0. The molecule has 4 N–H and O–H groups in total. The van der Waals surface area contributed by atoms with Gasteiger partial charge in [-0.05, 0) is 31.1 Å². The predicted octanol–water partition coefficient (Wildman–Crippen LogP) is 1.60. The van der Waals surface area contributed by atoms with Crippen molar-refractivity contribution in [2.24, 2.45) is 21.7 Å². The second-order valence-electron chi connectivity index (χ2n) is 6.12. The molecule has 102 valence electrons. The number of carbonyl (C=O) groups is 1. The molecule has 0 aromatic rings. The molecule has 5 heteroatoms. The van der Waals surface area contributed by atoms with Crippen molar-refractivity contribution in [2.45, 2.75) is 51.9 Å². The lowest BCUT2D eigenvalue weighted by molar-refractivity contribution is -0.124. The smallest absolute Gasteiger partial charge is 0.233 e. The fourth-order valence-corrected chi connectivity index (χ4v) is 2.87. The molecule has 0 atom stereocenters. The van der Waals surface area contributed by atoms with Gasteiger partial charge in [-0.1, -0.05) is 31.3 Å². The molecule has 5 nitrogen and oxygen atoms in total. The highest BCUT2D eigenvalue weighted by Crippen LogP contribution is 2.46. The van der Waals surface area contributed by atoms with Crippen LogP contribution in [-0.2, 0) is 4.79 Å². The maximum absolute atomic E-state index is 12.1. The number of hydrogen-bond acceptors (Lipinski definition) is 3. The van der Waals surface area contributed by atoms with Crippen molar-refractivity contribution in [3.8, 4) is 0 Å². The van der Waals surface area contributed by atoms with Crippen LogP contribution in [0.5, 0.6) is 0 Å². The lowest BCUT2D eigenvalue weighted by Gasteiger charge is -2.34. The number of hydrogen-bond donors (Lipinski definition) is 3. The Kier molecular flexibility index (Phi) is 3.50. The number of rotatable bonds is 4. The molecule has 2 aliphatic carbocycles. The van der Waals surface area contributed by atoms with Gasteiger partial charge in [-0.2, -0.15) is 0 Å². The van der Waals surface area contributed by atoms with E-state index >= 15 is 0 Å². The fourth-order valence-electron chi connectivity index (χ4n) is 2.87. The molecule has 0 aliphatic heterocycles. The van der Waals surface area contributed by atoms with E-state index < -0.39 is 5.41 Å². The van der Waals surface area contributed by atoms with Gasteiger partial charge >= 0.3 is 0 Å². The summed E-state index contributed by atoms with van der Waals surface area (Å²) in [6.45, 7) is 2.93. The van der Waals surface area contributed by atoms with Crippen LogP contribution in [0.1, 0.15) is 51.9 Å². The van der Waals surface area contributed by atoms with E-state index in [2.05, 4.69) is 17.4 Å². The van der Waals surface area contributed by atoms with E-state index in [1.807, 2.05) is 0 Å². The Labute approximate surface area is 108 Å². The van der Waals surface area contributed by atoms with Crippen LogP contribution in [-0.4, -0.2) is 23.5 Å². The first-order valence-corrected chi connectivity index (χ1v) is 6.79. The van der Waals surface area contributed by atoms with Crippen molar-refractivity contribution in [1.29, 1.82) is 0 Å². The van der Waals surface area contributed by atoms with Crippen LogP contribution < -0.4 is 11.1 Å². The molecule has 0 radical (unpaired) electrons. The molecule has 0 spiro atoms. The van der Waals surface area contributed by atoms with Gasteiger partial charge in [0.05, 0.1) is 0 Å². The standard InChI is InChI=1S/C13H23N3O2/c1-12(5-3-2-4-6-12)9-15-11(17)13(7-8-13)10(14)16-18/h18H,2-9H2,1H3,(H2,14,16)(H,15,17). The van der Waals surface area contributed by atoms with Crippen molar-refractivity contribution in [2.75, 3.05) is 6.54 Å². The zero-order valence-electron chi connectivity index (χ0n) is 11.0. The number of nitrogens with one attached hydrogen (secondary N) is 1. The maximum atomic E-state index is 12.1. The topological polar surface area (TPSA) is 87.7 Å². The summed E-state index contributed by atoms with van der Waals surface area (Å²) in [6.07, 6.45) is 7.51. The number of nitrogens with zero attached hydrogens (tertiary/aromatic N) is 1. The van der Waals surface area contributed by atoms with Crippen molar-refractivity contribution < 1.29 is 10.0 Å². The first-order chi connectivity index (χ1) is 8.52. The molecule has 0 aromatic carbocycles. The van der Waals surface area contributed by atoms with Gasteiger partial charge in [-0.3, -0.25) is 4.79 Å². The maximum Gasteiger partial charge on any atom is 0.233 e. The predicted molar refractivity (Wildman–Crippen MR) is 69.3 cm³/mol. The van der Waals surface area contributed by atoms with E-state index in [-0.39, 0.29) is 17.2 Å². The molecule has 18 heavy (non-hydrogen) atoms. The fraction of sp³-hybridized carbons (Fsp3) is 0.846. The van der Waals surface area contributed by atoms with Gasteiger partial charge in [0.15, 0.2) is 5.84 Å². The normalized spacial score (nSPS) is 25.5. The van der Waals surface area contributed by atoms with Gasteiger partial charge in [-0.15, -0.1) is 0 Å². The number of carbonyl (C=O) groups excluding carboxylic acids is 1. The first kappa shape index (κ1) is 13.2. The number of nitrogens with two attached hydrogens (primary N) is 1. The van der Waals surface area contributed by atoms with Crippen molar-refractivity contribution in [3.63, 3.8) is 0 Å². The largest absolute Gasteiger partial charge is 0.409 e. The molecular weight excluding hydrogens is 230 g/mol. The zero-order chi connectivity index (χ0) is 13.2. The minimum Gasteiger partial charge on any atom is -0.409 e. The van der Waals surface area contributed by atoms with E-state index in [4.69, 9.17) is 10.9 Å². The van der Waals surface area contributed by atoms with E-state index in [1.54, 1.807) is 0 Å². The highest BCUT2D eigenvalue weighted by atomic mass is 16.4. The van der Waals surface area contributed by atoms with Crippen LogP contribution in [0.25, 0.3) is 0 Å². The molecule has 2 aliphatic rings. The van der Waals surface area contributed by atoms with Crippen LogP contribution in [0.2, 0.25) is 0 Å². The molecule has 0 saturated heterocycles. The average Bonchev–Trinajstić information content (AvgIpc) is 3.17. The highest BCUT2D eigenvalue weighted by Gasteiger charge is 2.54. The summed E-state index contributed by atoms with van der Waals surface area (Å²) in [5.41, 5.74) is 5.09. The third-order valence-electron chi connectivity index (χ3n) is 4.52. The van der Waals surface area contributed by atoms with Gasteiger partial charge in [0.2, 0.25) is 5.91 Å². The summed E-state index contributed by atoms with van der Waals surface area (Å²) in [7, 11) is 0. The SMILES string of the molecule is CC1(CNC(=O)C2(C(N)=NO)CC2)CCCCC1. The van der Waals surface area contributed by atoms with Gasteiger partial charge in [0.25, 0.3) is 0 Å². The molecule has 0 bridgehead atoms. The average molecular weight is 253 g/mol. The highest BCUT2D eigenvalue weighted by molar-refractivity contribution is 6.09. The van der Waals surface area contributed by atoms with E-state index in [1.165, 1.54) is 32.1 Å². The monoisotopic (exact) mass is 253 g/mol. The van der Waals surface area contributed by atoms with E-state index in [0.717, 1.165) is 0 Å². The molecule has 2 fully saturated rings. The van der Waals surface area contributed by atoms with E-state index in [0.29, 0.717) is 19.4 Å². The Morgan fingerprint density at radius 2 is 1.89 bits per heavy atom. The lowest BCUT2D eigenvalue weighted by atomic mass is 9.75. The minimum atomic E-state index is -0.722. The summed E-state index contributed by atoms with van der Waals surface area (Å²) in [4.78, 5) is 12.1. The lowest BCUT2D eigenvalue weighted by Crippen LogP contribution is -2.44. The van der Waals surface area contributed by atoms with Crippen LogP contribution in [0.4, 0.5) is 0 Å². The second-order valence-corrected chi connectivity index (χ2v) is 6.12. The van der Waals surface area contributed by atoms with Gasteiger partial charge in [0.1, 0.15) is 5.41 Å². The number of oxime groups is 1. The molecule has 0 heterocycles. The summed E-state index contributed by atoms with van der Waals surface area (Å²) < 4.78 is 0. The van der Waals surface area contributed by atoms with Crippen LogP contribution in [0.15, 0.2) is 5.16 Å². The first-order valence-electron chi connectivity index (χ1n) is 6.79. The summed E-state index contributed by atoms with van der Waals surface area (Å²) in [6, 6.07) is 0. The Balaban J connectivity index is 1.89. The number of amides is 1. The molecule has 2 rings (SSSR count). The molecule has 2 saturated carbocycles. The third-order valence-corrected chi connectivity index (χ3v) is 4.52. The Morgan fingerprint density at radius 1 is 1.28 bits per heavy atom. The Bertz CT molecular complexity index is 355. The summed E-state index contributed by atoms with van der Waals surface area (Å²) in [5.74, 6) is -0.0293. The Hall–Kier alpha value is -1.26. The van der Waals surface area contributed by atoms with Gasteiger partial charge in [-0.25, -0.2) is 0 Å². The van der Waals surface area contributed by atoms with Gasteiger partial charge < -0.3 is 16.3 Å². The van der Waals surface area contributed by atoms with Crippen molar-refractivity contribution in [1.82, 2.24) is 5.32 Å². The number of amidine groups is 1. The Morgan fingerprint density at radius 3 is 2.39 bits per heavy atom. The second kappa shape index (κ2) is 4.78. The van der Waals surface area contributed by atoms with Crippen LogP contribution in [0, 0.1) is 10.8 Å². The third kappa shape index (κ3) is 2.44. The van der Waals surface area contributed by atoms with E-state index in [9.17, 15) is 4.79 Å². The molecule has 0 unspecified atom stereocenters.